The third-order valence-corrected chi connectivity index (χ3v) is 23.3. The van der Waals surface area contributed by atoms with Crippen LogP contribution in [0.1, 0.15) is 42.4 Å². The van der Waals surface area contributed by atoms with Crippen molar-refractivity contribution in [1.82, 2.24) is 93.1 Å². The van der Waals surface area contributed by atoms with E-state index < -0.39 is 15.6 Å². The smallest absolute Gasteiger partial charge is 0.314 e. The van der Waals surface area contributed by atoms with Crippen molar-refractivity contribution in [3.05, 3.63) is 212 Å². The van der Waals surface area contributed by atoms with Gasteiger partial charge in [0.15, 0.2) is 0 Å². The van der Waals surface area contributed by atoms with Gasteiger partial charge in [0.2, 0.25) is 10.0 Å². The summed E-state index contributed by atoms with van der Waals surface area (Å²) in [6, 6.07) is 49.3. The minimum absolute atomic E-state index is 0.0216. The van der Waals surface area contributed by atoms with E-state index in [1.165, 1.54) is 6.26 Å². The van der Waals surface area contributed by atoms with Gasteiger partial charge in [-0.05, 0) is 118 Å². The molecule has 4 aliphatic rings. The Morgan fingerprint density at radius 1 is 0.464 bits per heavy atom. The van der Waals surface area contributed by atoms with Crippen LogP contribution in [0.15, 0.2) is 195 Å². The van der Waals surface area contributed by atoms with E-state index in [0.29, 0.717) is 26.2 Å². The van der Waals surface area contributed by atoms with E-state index >= 15 is 0 Å². The van der Waals surface area contributed by atoms with Gasteiger partial charge in [0.1, 0.15) is 45.9 Å². The number of benzene rings is 6. The summed E-state index contributed by atoms with van der Waals surface area (Å²) in [6.45, 7) is 16.1. The molecule has 4 fully saturated rings. The minimum Gasteiger partial charge on any atom is -0.357 e. The van der Waals surface area contributed by atoms with Crippen LogP contribution in [0.4, 0.5) is 22.2 Å². The SMILES string of the molecule is C=C1N(C)C(=O)C2(CCN(c3ccc(-n4nc(-c5cccc6nn(C)cc56)c5cccc(C)c54)cn3)CC2)N1C.Cc1cccc2c(-c3cccc4nn(C)cc34)nn(-c3ccc(N4CCC(NS(C)(=O)=O)CC4)nc3)c12.Cc1cccc2c(-c3cccc4nn(C)cc34)nn(-c3ccc(N4CCN(C(N)=O)CC4)nc3)c12. The van der Waals surface area contributed by atoms with Crippen molar-refractivity contribution in [2.24, 2.45) is 26.9 Å². The van der Waals surface area contributed by atoms with E-state index in [9.17, 15) is 18.0 Å². The number of nitrogens with two attached hydrogens (primary N) is 1. The molecule has 1 spiro atoms. The van der Waals surface area contributed by atoms with Gasteiger partial charge in [-0.3, -0.25) is 18.8 Å². The second-order valence-electron chi connectivity index (χ2n) is 29.8. The van der Waals surface area contributed by atoms with Crippen molar-refractivity contribution in [2.45, 2.75) is 58.0 Å². The summed E-state index contributed by atoms with van der Waals surface area (Å²) in [7, 11) is 6.41. The second-order valence-corrected chi connectivity index (χ2v) is 31.5. The maximum Gasteiger partial charge on any atom is 0.314 e. The zero-order valence-corrected chi connectivity index (χ0v) is 64.9. The minimum atomic E-state index is -3.19. The normalized spacial score (nSPS) is 15.6. The number of para-hydroxylation sites is 3. The average Bonchev–Trinajstić information content (AvgIpc) is 1.61. The van der Waals surface area contributed by atoms with Gasteiger partial charge in [-0.25, -0.2) is 46.9 Å². The highest BCUT2D eigenvalue weighted by molar-refractivity contribution is 7.88. The van der Waals surface area contributed by atoms with Crippen LogP contribution in [-0.2, 0) is 36.0 Å². The van der Waals surface area contributed by atoms with Crippen LogP contribution in [-0.4, -0.2) is 193 Å². The number of pyridine rings is 3. The Labute approximate surface area is 647 Å². The van der Waals surface area contributed by atoms with Gasteiger partial charge in [0, 0.05) is 161 Å². The zero-order chi connectivity index (χ0) is 77.6. The largest absolute Gasteiger partial charge is 0.357 e. The first-order valence-corrected chi connectivity index (χ1v) is 39.5. The number of nitrogens with zero attached hydrogens (tertiary/aromatic N) is 21. The Bertz CT molecular complexity index is 6290. The number of aryl methyl sites for hydroxylation is 6. The Morgan fingerprint density at radius 3 is 1.15 bits per heavy atom. The van der Waals surface area contributed by atoms with Crippen LogP contribution in [0.2, 0.25) is 0 Å². The highest BCUT2D eigenvalue weighted by Gasteiger charge is 2.53. The number of amides is 3. The monoisotopic (exact) mass is 1510 g/mol. The summed E-state index contributed by atoms with van der Waals surface area (Å²) >= 11 is 0. The van der Waals surface area contributed by atoms with Crippen molar-refractivity contribution < 1.29 is 18.0 Å². The fraction of sp³-hybridized carbons (Fsp3) is 0.274. The number of nitrogens with one attached hydrogen (secondary N) is 1. The fourth-order valence-electron chi connectivity index (χ4n) is 16.7. The first-order valence-electron chi connectivity index (χ1n) is 37.6. The highest BCUT2D eigenvalue weighted by atomic mass is 32.2. The Kier molecular flexibility index (Phi) is 18.4. The van der Waals surface area contributed by atoms with Crippen LogP contribution < -0.4 is 25.2 Å². The van der Waals surface area contributed by atoms with Crippen molar-refractivity contribution in [3.63, 3.8) is 0 Å². The molecule has 0 aliphatic carbocycles. The molecular formula is C84H87N23O4S. The van der Waals surface area contributed by atoms with Crippen LogP contribution >= 0.6 is 0 Å². The highest BCUT2D eigenvalue weighted by Crippen LogP contribution is 2.42. The van der Waals surface area contributed by atoms with E-state index in [1.807, 2.05) is 143 Å². The number of carbonyl (C=O) groups excluding carboxylic acids is 2. The van der Waals surface area contributed by atoms with Gasteiger partial charge in [-0.2, -0.15) is 30.6 Å². The Morgan fingerprint density at radius 2 is 0.821 bits per heavy atom. The molecule has 28 heteroatoms. The molecule has 568 valence electrons. The number of hydrogen-bond donors (Lipinski definition) is 2. The summed E-state index contributed by atoms with van der Waals surface area (Å²) in [5.41, 5.74) is 23.0. The number of piperazine rings is 1. The number of rotatable bonds is 11. The lowest BCUT2D eigenvalue weighted by molar-refractivity contribution is -0.133. The molecule has 13 heterocycles. The number of aromatic nitrogens is 15. The number of hydrogen-bond acceptors (Lipinski definition) is 17. The maximum atomic E-state index is 13.0. The van der Waals surface area contributed by atoms with Crippen molar-refractivity contribution in [1.29, 1.82) is 0 Å². The summed E-state index contributed by atoms with van der Waals surface area (Å²) in [4.78, 5) is 50.8. The van der Waals surface area contributed by atoms with E-state index in [1.54, 1.807) is 9.80 Å². The van der Waals surface area contributed by atoms with Gasteiger partial charge >= 0.3 is 6.03 Å². The molecule has 19 rings (SSSR count). The lowest BCUT2D eigenvalue weighted by atomic mass is 9.86. The standard InChI is InChI=1S/C31H32N8O.C27H29N7O2S.C26H26N8O/c1-20-8-6-10-24-28(23-9-7-11-26-25(23)19-35(3)33-26)34-39(29(20)24)22-12-13-27(32-18-22)38-16-14-31(15-17-38)30(40)36(4)21(2)37(31)5;1-18-6-4-8-22-26(21-7-5-9-24-23(21)17-32(2)29-24)30-34(27(18)22)20-10-11-25(28-16-20)33-14-12-19(13-15-33)31-37(3,35)36;1-17-5-3-7-20-24(19-6-4-8-22-21(19)16-31(2)29-22)30-34(25(17)20)18-9-10-23(28-15-18)32-11-13-33(14-12-32)26(27)35/h6-13,18-19H,2,14-17H2,1,3-5H3;4-11,16-17,19,31H,12-15H2,1-3H3;3-10,15-16H,11-14H2,1-2H3,(H2,27,35). The topological polar surface area (TPSA) is 271 Å². The first-order chi connectivity index (χ1) is 54.0. The molecule has 0 atom stereocenters. The molecule has 4 saturated heterocycles. The quantitative estimate of drug-likeness (QED) is 0.122. The molecule has 27 nitrogen and oxygen atoms in total. The number of fused-ring (bicyclic) bond motifs is 6. The van der Waals surface area contributed by atoms with E-state index in [0.717, 1.165) is 208 Å². The summed E-state index contributed by atoms with van der Waals surface area (Å²) < 4.78 is 37.3. The average molecular weight is 1510 g/mol. The summed E-state index contributed by atoms with van der Waals surface area (Å²) in [6.07, 6.45) is 15.9. The van der Waals surface area contributed by atoms with Crippen molar-refractivity contribution >= 4 is 105 Å². The number of anilines is 3. The van der Waals surface area contributed by atoms with E-state index in [2.05, 4.69) is 170 Å². The van der Waals surface area contributed by atoms with Gasteiger partial charge < -0.3 is 35.1 Å². The lowest BCUT2D eigenvalue weighted by Gasteiger charge is -2.42. The number of carbonyl (C=O) groups is 2. The third kappa shape index (κ3) is 13.1. The molecular weight excluding hydrogens is 1430 g/mol. The third-order valence-electron chi connectivity index (χ3n) is 22.6. The molecule has 3 N–H and O–H groups in total. The molecule has 6 aromatic carbocycles. The Hall–Kier alpha value is -12.8. The van der Waals surface area contributed by atoms with Crippen LogP contribution in [0.25, 0.3) is 116 Å². The number of sulfonamides is 1. The summed E-state index contributed by atoms with van der Waals surface area (Å²) in [5, 5.41) is 35.6. The van der Waals surface area contributed by atoms with Gasteiger partial charge in [0.25, 0.3) is 5.91 Å². The van der Waals surface area contributed by atoms with Crippen LogP contribution in [0, 0.1) is 20.8 Å². The predicted molar refractivity (Wildman–Crippen MR) is 440 cm³/mol. The van der Waals surface area contributed by atoms with Gasteiger partial charge in [-0.15, -0.1) is 0 Å². The van der Waals surface area contributed by atoms with Gasteiger partial charge in [0.05, 0.1) is 75.0 Å². The number of urea groups is 1. The Balaban J connectivity index is 0.000000122. The molecule has 4 aliphatic heterocycles. The molecule has 0 saturated carbocycles. The van der Waals surface area contributed by atoms with Gasteiger partial charge in [-0.1, -0.05) is 97.6 Å². The molecule has 0 radical (unpaired) electrons. The number of piperidine rings is 2. The molecule has 9 aromatic heterocycles. The maximum absolute atomic E-state index is 13.0. The molecule has 0 bridgehead atoms. The molecule has 3 amide bonds. The molecule has 112 heavy (non-hydrogen) atoms. The zero-order valence-electron chi connectivity index (χ0n) is 64.1. The predicted octanol–water partition coefficient (Wildman–Crippen LogP) is 11.8. The second kappa shape index (κ2) is 28.6. The molecule has 15 aromatic rings. The fourth-order valence-corrected chi connectivity index (χ4v) is 17.6. The van der Waals surface area contributed by atoms with Crippen LogP contribution in [0.3, 0.4) is 0 Å². The summed E-state index contributed by atoms with van der Waals surface area (Å²) in [5.74, 6) is 3.58. The molecule has 0 unspecified atom stereocenters. The first kappa shape index (κ1) is 72.1. The van der Waals surface area contributed by atoms with Crippen LogP contribution in [0.5, 0.6) is 0 Å². The number of primary amides is 1. The van der Waals surface area contributed by atoms with E-state index in [-0.39, 0.29) is 18.0 Å². The van der Waals surface area contributed by atoms with E-state index in [4.69, 9.17) is 36.0 Å². The lowest BCUT2D eigenvalue weighted by Crippen LogP contribution is -2.55. The van der Waals surface area contributed by atoms with Crippen molar-refractivity contribution in [3.8, 4) is 50.8 Å². The van der Waals surface area contributed by atoms with Crippen molar-refractivity contribution in [2.75, 3.05) is 87.4 Å². The number of likely N-dealkylation sites (N-methyl/N-ethyl adjacent to an activating group) is 2.